The lowest BCUT2D eigenvalue weighted by Crippen LogP contribution is -2.05. The molecule has 0 unspecified atom stereocenters. The van der Waals surface area contributed by atoms with E-state index >= 15 is 0 Å². The van der Waals surface area contributed by atoms with E-state index in [1.54, 1.807) is 0 Å². The molecule has 0 radical (unpaired) electrons. The van der Waals surface area contributed by atoms with Crippen LogP contribution in [-0.2, 0) is 0 Å². The number of pyridine rings is 1. The minimum atomic E-state index is -0.924. The molecule has 68 heavy (non-hydrogen) atoms. The monoisotopic (exact) mass is 884 g/mol. The second-order valence-electron chi connectivity index (χ2n) is 18.9. The summed E-state index contributed by atoms with van der Waals surface area (Å²) in [6, 6.07) is 66.1. The van der Waals surface area contributed by atoms with Crippen molar-refractivity contribution in [3.63, 3.8) is 0 Å². The van der Waals surface area contributed by atoms with E-state index in [0.717, 1.165) is 100 Å². The van der Waals surface area contributed by atoms with Crippen LogP contribution in [0.2, 0.25) is 0 Å². The highest BCUT2D eigenvalue weighted by Crippen LogP contribution is 2.46. The van der Waals surface area contributed by atoms with Gasteiger partial charge in [0, 0.05) is 24.3 Å². The standard InChI is InChI=1S/C64H57N3O/c1-40(2)49-35-55(42(5)6)63(68)58(36-49)64-66-62-53(51-32-50(44-18-11-8-12-19-44)33-52(34-51)59-37-48(30-31-65-59)45-28-26-43(7)27-29-45)24-17-25-60(62)67(64)61-39-56(46-20-13-9-14-21-46)54(41(3)4)38-57(61)47-22-15-10-16-23-47/h8-42,68H,1-7H3/i41D. The molecule has 0 fully saturated rings. The molecule has 4 nitrogen and oxygen atoms in total. The number of rotatable bonds is 11. The van der Waals surface area contributed by atoms with Crippen LogP contribution in [0.15, 0.2) is 194 Å². The van der Waals surface area contributed by atoms with E-state index < -0.39 is 5.89 Å². The first-order valence-corrected chi connectivity index (χ1v) is 23.7. The average Bonchev–Trinajstić information content (AvgIpc) is 3.76. The van der Waals surface area contributed by atoms with Crippen LogP contribution in [0.25, 0.3) is 95.0 Å². The van der Waals surface area contributed by atoms with Crippen molar-refractivity contribution in [2.24, 2.45) is 0 Å². The summed E-state index contributed by atoms with van der Waals surface area (Å²) in [6.07, 6.45) is 1.90. The van der Waals surface area contributed by atoms with Gasteiger partial charge in [0.2, 0.25) is 0 Å². The van der Waals surface area contributed by atoms with Gasteiger partial charge >= 0.3 is 0 Å². The molecule has 2 heterocycles. The van der Waals surface area contributed by atoms with E-state index in [0.29, 0.717) is 11.4 Å². The third-order valence-electron chi connectivity index (χ3n) is 13.3. The summed E-state index contributed by atoms with van der Waals surface area (Å²) in [7, 11) is 0. The Kier molecular flexibility index (Phi) is 11.6. The van der Waals surface area contributed by atoms with Gasteiger partial charge in [-0.3, -0.25) is 9.55 Å². The Morgan fingerprint density at radius 1 is 0.471 bits per heavy atom. The highest BCUT2D eigenvalue weighted by Gasteiger charge is 2.26. The Morgan fingerprint density at radius 3 is 1.74 bits per heavy atom. The van der Waals surface area contributed by atoms with Gasteiger partial charge in [0.15, 0.2) is 0 Å². The van der Waals surface area contributed by atoms with Crippen LogP contribution in [0.4, 0.5) is 0 Å². The third-order valence-corrected chi connectivity index (χ3v) is 13.3. The molecule has 0 spiro atoms. The molecule has 0 saturated carbocycles. The molecule has 0 atom stereocenters. The molecule has 4 heteroatoms. The number of benzene rings is 8. The van der Waals surface area contributed by atoms with Crippen LogP contribution < -0.4 is 0 Å². The van der Waals surface area contributed by atoms with Crippen molar-refractivity contribution in [1.82, 2.24) is 14.5 Å². The summed E-state index contributed by atoms with van der Waals surface area (Å²) in [5.41, 5.74) is 19.6. The number of phenols is 1. The number of para-hydroxylation sites is 1. The first kappa shape index (κ1) is 42.8. The molecule has 8 aromatic carbocycles. The normalized spacial score (nSPS) is 12.0. The number of aromatic hydroxyl groups is 1. The summed E-state index contributed by atoms with van der Waals surface area (Å²) in [4.78, 5) is 10.7. The molecule has 0 bridgehead atoms. The van der Waals surface area contributed by atoms with E-state index in [-0.39, 0.29) is 17.6 Å². The lowest BCUT2D eigenvalue weighted by atomic mass is 9.88. The smallest absolute Gasteiger partial charge is 0.149 e. The number of hydrogen-bond acceptors (Lipinski definition) is 3. The van der Waals surface area contributed by atoms with Crippen LogP contribution >= 0.6 is 0 Å². The summed E-state index contributed by atoms with van der Waals surface area (Å²) >= 11 is 0. The van der Waals surface area contributed by atoms with Crippen LogP contribution in [-0.4, -0.2) is 19.6 Å². The van der Waals surface area contributed by atoms with E-state index in [9.17, 15) is 6.48 Å². The second kappa shape index (κ2) is 18.5. The molecule has 334 valence electrons. The van der Waals surface area contributed by atoms with Crippen molar-refractivity contribution in [3.05, 3.63) is 217 Å². The van der Waals surface area contributed by atoms with Gasteiger partial charge in [0.05, 0.1) is 28.0 Å². The van der Waals surface area contributed by atoms with Crippen molar-refractivity contribution < 1.29 is 6.48 Å². The summed E-state index contributed by atoms with van der Waals surface area (Å²) in [5.74, 6) is 0.216. The van der Waals surface area contributed by atoms with Gasteiger partial charge in [-0.2, -0.15) is 0 Å². The summed E-state index contributed by atoms with van der Waals surface area (Å²) in [6.45, 7) is 14.7. The summed E-state index contributed by atoms with van der Waals surface area (Å²) < 4.78 is 11.8. The molecular formula is C64H57N3O. The molecule has 10 aromatic rings. The first-order valence-electron chi connectivity index (χ1n) is 24.2. The minimum Gasteiger partial charge on any atom is -0.507 e. The number of hydrogen-bond donors (Lipinski definition) is 1. The Bertz CT molecular complexity index is 3480. The SMILES string of the molecule is [2H]C(C)(C)c1cc(-c2ccccc2)c(-n2c(-c3cc(C(C)C)cc(C(C)C)c3O)nc3c(-c4cc(-c5ccccc5)cc(-c5cc(-c6ccc(C)cc6)ccn5)c4)cccc32)cc1-c1ccccc1. The Hall–Kier alpha value is -7.82. The van der Waals surface area contributed by atoms with Gasteiger partial charge in [-0.1, -0.05) is 181 Å². The van der Waals surface area contributed by atoms with Gasteiger partial charge in [-0.25, -0.2) is 4.98 Å². The molecule has 0 aliphatic heterocycles. The van der Waals surface area contributed by atoms with Crippen molar-refractivity contribution in [3.8, 4) is 89.7 Å². The largest absolute Gasteiger partial charge is 0.507 e. The maximum atomic E-state index is 12.5. The fourth-order valence-corrected chi connectivity index (χ4v) is 9.52. The van der Waals surface area contributed by atoms with Gasteiger partial charge in [0.1, 0.15) is 11.6 Å². The predicted octanol–water partition coefficient (Wildman–Crippen LogP) is 17.5. The zero-order valence-corrected chi connectivity index (χ0v) is 39.9. The van der Waals surface area contributed by atoms with E-state index in [4.69, 9.17) is 9.97 Å². The van der Waals surface area contributed by atoms with E-state index in [1.165, 1.54) is 5.56 Å². The van der Waals surface area contributed by atoms with Crippen molar-refractivity contribution in [1.29, 1.82) is 0 Å². The number of nitrogens with zero attached hydrogens (tertiary/aromatic N) is 3. The van der Waals surface area contributed by atoms with Gasteiger partial charge in [-0.15, -0.1) is 0 Å². The number of aryl methyl sites for hydroxylation is 1. The zero-order valence-electron chi connectivity index (χ0n) is 40.9. The van der Waals surface area contributed by atoms with Crippen LogP contribution in [0.5, 0.6) is 5.75 Å². The average molecular weight is 885 g/mol. The highest BCUT2D eigenvalue weighted by molar-refractivity contribution is 5.99. The Morgan fingerprint density at radius 2 is 1.09 bits per heavy atom. The predicted molar refractivity (Wildman–Crippen MR) is 286 cm³/mol. The van der Waals surface area contributed by atoms with Crippen molar-refractivity contribution >= 4 is 11.0 Å². The Balaban J connectivity index is 1.31. The molecule has 1 N–H and O–H groups in total. The van der Waals surface area contributed by atoms with E-state index in [1.807, 2.05) is 32.2 Å². The number of fused-ring (bicyclic) bond motifs is 1. The molecular weight excluding hydrogens is 827 g/mol. The van der Waals surface area contributed by atoms with Gasteiger partial charge < -0.3 is 5.11 Å². The highest BCUT2D eigenvalue weighted by atomic mass is 16.3. The minimum absolute atomic E-state index is 0.0660. The van der Waals surface area contributed by atoms with Gasteiger partial charge in [0.25, 0.3) is 0 Å². The molecule has 0 aliphatic carbocycles. The molecule has 2 aromatic heterocycles. The number of aromatic nitrogens is 3. The fraction of sp³-hybridized carbons (Fsp3) is 0.156. The summed E-state index contributed by atoms with van der Waals surface area (Å²) in [5, 5.41) is 12.5. The molecule has 0 amide bonds. The third kappa shape index (κ3) is 8.43. The van der Waals surface area contributed by atoms with E-state index in [2.05, 4.69) is 215 Å². The van der Waals surface area contributed by atoms with Crippen LogP contribution in [0.1, 0.15) is 82.9 Å². The molecule has 0 saturated heterocycles. The molecule has 0 aliphatic rings. The maximum absolute atomic E-state index is 12.5. The van der Waals surface area contributed by atoms with Crippen molar-refractivity contribution in [2.75, 3.05) is 0 Å². The maximum Gasteiger partial charge on any atom is 0.149 e. The zero-order chi connectivity index (χ0) is 48.0. The lowest BCUT2D eigenvalue weighted by molar-refractivity contribution is 0.466. The van der Waals surface area contributed by atoms with Gasteiger partial charge in [-0.05, 0) is 140 Å². The van der Waals surface area contributed by atoms with Crippen LogP contribution in [0, 0.1) is 6.92 Å². The number of imidazole rings is 1. The Labute approximate surface area is 402 Å². The number of phenolic OH excluding ortho intramolecular Hbond substituents is 1. The first-order chi connectivity index (χ1) is 33.3. The van der Waals surface area contributed by atoms with Crippen LogP contribution in [0.3, 0.4) is 0 Å². The lowest BCUT2D eigenvalue weighted by Gasteiger charge is -2.22. The quantitative estimate of drug-likeness (QED) is 0.141. The molecule has 10 rings (SSSR count). The topological polar surface area (TPSA) is 50.9 Å². The second-order valence-corrected chi connectivity index (χ2v) is 18.9. The van der Waals surface area contributed by atoms with Crippen molar-refractivity contribution in [2.45, 2.75) is 66.2 Å². The fourth-order valence-electron chi connectivity index (χ4n) is 9.52.